The highest BCUT2D eigenvalue weighted by molar-refractivity contribution is 5.42. The van der Waals surface area contributed by atoms with E-state index in [1.54, 1.807) is 7.11 Å². The molecule has 2 atom stereocenters. The Morgan fingerprint density at radius 1 is 1.10 bits per heavy atom. The zero-order chi connectivity index (χ0) is 14.7. The minimum absolute atomic E-state index is 0.392. The van der Waals surface area contributed by atoms with Crippen LogP contribution in [-0.2, 0) is 12.8 Å². The lowest BCUT2D eigenvalue weighted by atomic mass is 9.87. The third-order valence-electron chi connectivity index (χ3n) is 4.44. The highest BCUT2D eigenvalue weighted by Crippen LogP contribution is 2.30. The largest absolute Gasteiger partial charge is 0.496 e. The molecule has 0 fully saturated rings. The average Bonchev–Trinajstić information content (AvgIpc) is 2.54. The van der Waals surface area contributed by atoms with Gasteiger partial charge in [0.15, 0.2) is 0 Å². The molecule has 0 spiro atoms. The fourth-order valence-corrected chi connectivity index (χ4v) is 3.30. The number of fused-ring (bicyclic) bond motifs is 1. The number of hydrogen-bond acceptors (Lipinski definition) is 2. The topological polar surface area (TPSA) is 21.3 Å². The Labute approximate surface area is 127 Å². The van der Waals surface area contributed by atoms with Gasteiger partial charge in [-0.3, -0.25) is 0 Å². The standard InChI is InChI=1S/C19H23NO/c1-14(15-7-4-3-5-8-15)20-17-11-12-18-16(13-17)9-6-10-19(18)21-2/h3-10,14,17,20H,11-13H2,1-2H3/t14-,17?/m1/s1. The molecule has 0 aliphatic heterocycles. The summed E-state index contributed by atoms with van der Waals surface area (Å²) >= 11 is 0. The molecule has 0 aromatic heterocycles. The highest BCUT2D eigenvalue weighted by Gasteiger charge is 2.22. The van der Waals surface area contributed by atoms with E-state index in [0.29, 0.717) is 12.1 Å². The van der Waals surface area contributed by atoms with Gasteiger partial charge in [0.05, 0.1) is 7.11 Å². The molecule has 0 saturated heterocycles. The molecule has 3 rings (SSSR count). The van der Waals surface area contributed by atoms with E-state index in [0.717, 1.165) is 18.6 Å². The summed E-state index contributed by atoms with van der Waals surface area (Å²) in [7, 11) is 1.76. The molecule has 0 heterocycles. The lowest BCUT2D eigenvalue weighted by Crippen LogP contribution is -2.36. The third-order valence-corrected chi connectivity index (χ3v) is 4.44. The molecular weight excluding hydrogens is 258 g/mol. The molecule has 2 nitrogen and oxygen atoms in total. The lowest BCUT2D eigenvalue weighted by Gasteiger charge is -2.29. The first kappa shape index (κ1) is 14.2. The number of benzene rings is 2. The Hall–Kier alpha value is -1.80. The van der Waals surface area contributed by atoms with Crippen LogP contribution in [0.5, 0.6) is 5.75 Å². The fraction of sp³-hybridized carbons (Fsp3) is 0.368. The molecule has 0 bridgehead atoms. The van der Waals surface area contributed by atoms with Crippen molar-refractivity contribution in [2.75, 3.05) is 7.11 Å². The van der Waals surface area contributed by atoms with Crippen molar-refractivity contribution in [3.63, 3.8) is 0 Å². The first-order valence-electron chi connectivity index (χ1n) is 7.73. The molecule has 0 radical (unpaired) electrons. The van der Waals surface area contributed by atoms with E-state index in [2.05, 4.69) is 60.8 Å². The summed E-state index contributed by atoms with van der Waals surface area (Å²) in [4.78, 5) is 0. The van der Waals surface area contributed by atoms with Crippen molar-refractivity contribution in [1.29, 1.82) is 0 Å². The molecule has 1 N–H and O–H groups in total. The molecule has 0 amide bonds. The predicted octanol–water partition coefficient (Wildman–Crippen LogP) is 3.90. The van der Waals surface area contributed by atoms with Crippen molar-refractivity contribution in [2.45, 2.75) is 38.3 Å². The second kappa shape index (κ2) is 6.31. The number of hydrogen-bond donors (Lipinski definition) is 1. The molecule has 110 valence electrons. The van der Waals surface area contributed by atoms with Crippen LogP contribution < -0.4 is 10.1 Å². The van der Waals surface area contributed by atoms with E-state index < -0.39 is 0 Å². The minimum atomic E-state index is 0.392. The monoisotopic (exact) mass is 281 g/mol. The van der Waals surface area contributed by atoms with Crippen LogP contribution in [0.25, 0.3) is 0 Å². The van der Waals surface area contributed by atoms with Crippen molar-refractivity contribution < 1.29 is 4.74 Å². The minimum Gasteiger partial charge on any atom is -0.496 e. The summed E-state index contributed by atoms with van der Waals surface area (Å²) in [6.07, 6.45) is 3.35. The molecule has 2 heteroatoms. The van der Waals surface area contributed by atoms with Gasteiger partial charge < -0.3 is 10.1 Å². The molecule has 1 aliphatic carbocycles. The van der Waals surface area contributed by atoms with E-state index in [9.17, 15) is 0 Å². The number of methoxy groups -OCH3 is 1. The Kier molecular flexibility index (Phi) is 4.26. The first-order chi connectivity index (χ1) is 10.3. The van der Waals surface area contributed by atoms with Gasteiger partial charge in [0.25, 0.3) is 0 Å². The second-order valence-electron chi connectivity index (χ2n) is 5.84. The van der Waals surface area contributed by atoms with E-state index in [4.69, 9.17) is 4.74 Å². The van der Waals surface area contributed by atoms with Gasteiger partial charge in [-0.05, 0) is 48.9 Å². The van der Waals surface area contributed by atoms with E-state index in [-0.39, 0.29) is 0 Å². The van der Waals surface area contributed by atoms with Gasteiger partial charge in [-0.15, -0.1) is 0 Å². The molecule has 2 aromatic carbocycles. The Bertz CT molecular complexity index is 594. The maximum absolute atomic E-state index is 5.48. The van der Waals surface area contributed by atoms with Crippen LogP contribution in [0.3, 0.4) is 0 Å². The summed E-state index contributed by atoms with van der Waals surface area (Å²) < 4.78 is 5.48. The Balaban J connectivity index is 1.69. The maximum Gasteiger partial charge on any atom is 0.122 e. The van der Waals surface area contributed by atoms with Gasteiger partial charge in [0.1, 0.15) is 5.75 Å². The molecular formula is C19H23NO. The summed E-state index contributed by atoms with van der Waals surface area (Å²) in [6.45, 7) is 2.25. The van der Waals surface area contributed by atoms with Crippen LogP contribution >= 0.6 is 0 Å². The van der Waals surface area contributed by atoms with Crippen LogP contribution in [0.15, 0.2) is 48.5 Å². The molecule has 0 saturated carbocycles. The molecule has 21 heavy (non-hydrogen) atoms. The normalized spacial score (nSPS) is 18.9. The first-order valence-corrected chi connectivity index (χ1v) is 7.73. The zero-order valence-electron chi connectivity index (χ0n) is 12.8. The lowest BCUT2D eigenvalue weighted by molar-refractivity contribution is 0.386. The third kappa shape index (κ3) is 3.11. The van der Waals surface area contributed by atoms with Gasteiger partial charge in [0.2, 0.25) is 0 Å². The molecule has 1 unspecified atom stereocenters. The summed E-state index contributed by atoms with van der Waals surface area (Å²) in [6, 6.07) is 18.0. The van der Waals surface area contributed by atoms with Crippen LogP contribution in [0, 0.1) is 0 Å². The summed E-state index contributed by atoms with van der Waals surface area (Å²) in [5.41, 5.74) is 4.18. The summed E-state index contributed by atoms with van der Waals surface area (Å²) in [5.74, 6) is 1.04. The maximum atomic E-state index is 5.48. The predicted molar refractivity (Wildman–Crippen MR) is 86.8 cm³/mol. The average molecular weight is 281 g/mol. The molecule has 2 aromatic rings. The number of rotatable bonds is 4. The van der Waals surface area contributed by atoms with Crippen molar-refractivity contribution >= 4 is 0 Å². The van der Waals surface area contributed by atoms with E-state index in [1.165, 1.54) is 23.1 Å². The number of ether oxygens (including phenoxy) is 1. The second-order valence-corrected chi connectivity index (χ2v) is 5.84. The van der Waals surface area contributed by atoms with Gasteiger partial charge in [-0.1, -0.05) is 42.5 Å². The van der Waals surface area contributed by atoms with Crippen molar-refractivity contribution in [2.24, 2.45) is 0 Å². The van der Waals surface area contributed by atoms with E-state index in [1.807, 2.05) is 0 Å². The SMILES string of the molecule is COc1cccc2c1CCC(N[C@H](C)c1ccccc1)C2. The van der Waals surface area contributed by atoms with Gasteiger partial charge in [-0.25, -0.2) is 0 Å². The van der Waals surface area contributed by atoms with E-state index >= 15 is 0 Å². The van der Waals surface area contributed by atoms with Crippen molar-refractivity contribution in [1.82, 2.24) is 5.32 Å². The van der Waals surface area contributed by atoms with Gasteiger partial charge >= 0.3 is 0 Å². The van der Waals surface area contributed by atoms with Crippen LogP contribution in [0.1, 0.15) is 36.1 Å². The molecule has 1 aliphatic rings. The van der Waals surface area contributed by atoms with Crippen molar-refractivity contribution in [3.05, 3.63) is 65.2 Å². The quantitative estimate of drug-likeness (QED) is 0.917. The van der Waals surface area contributed by atoms with Gasteiger partial charge in [0, 0.05) is 12.1 Å². The number of nitrogens with one attached hydrogen (secondary N) is 1. The van der Waals surface area contributed by atoms with Crippen LogP contribution in [0.2, 0.25) is 0 Å². The van der Waals surface area contributed by atoms with Crippen LogP contribution in [0.4, 0.5) is 0 Å². The smallest absolute Gasteiger partial charge is 0.122 e. The fourth-order valence-electron chi connectivity index (χ4n) is 3.30. The van der Waals surface area contributed by atoms with Gasteiger partial charge in [-0.2, -0.15) is 0 Å². The summed E-state index contributed by atoms with van der Waals surface area (Å²) in [5, 5.41) is 3.77. The van der Waals surface area contributed by atoms with Crippen LogP contribution in [-0.4, -0.2) is 13.2 Å². The highest BCUT2D eigenvalue weighted by atomic mass is 16.5. The zero-order valence-corrected chi connectivity index (χ0v) is 12.8. The van der Waals surface area contributed by atoms with Crippen molar-refractivity contribution in [3.8, 4) is 5.75 Å². The Morgan fingerprint density at radius 2 is 1.90 bits per heavy atom. The Morgan fingerprint density at radius 3 is 2.67 bits per heavy atom.